The maximum Gasteiger partial charge on any atom is 0.258 e. The monoisotopic (exact) mass is 379 g/mol. The molecule has 0 heterocycles. The molecule has 0 bridgehead atoms. The van der Waals surface area contributed by atoms with Gasteiger partial charge in [-0.2, -0.15) is 0 Å². The summed E-state index contributed by atoms with van der Waals surface area (Å²) in [6, 6.07) is 8.88. The lowest BCUT2D eigenvalue weighted by Gasteiger charge is -2.13. The van der Waals surface area contributed by atoms with Gasteiger partial charge >= 0.3 is 0 Å². The lowest BCUT2D eigenvalue weighted by atomic mass is 10.2. The smallest absolute Gasteiger partial charge is 0.258 e. The standard InChI is InChI=1S/C19H22ClNO5/c1-12-5-6-15(16(7-12)23-2)26-11-19(22)21-10-13-8-17(24-3)18(25-4)9-14(13)20/h5-9H,10-11H2,1-4H3,(H,21,22). The molecule has 0 aromatic heterocycles. The zero-order valence-corrected chi connectivity index (χ0v) is 16.0. The minimum absolute atomic E-state index is 0.135. The van der Waals surface area contributed by atoms with Crippen LogP contribution in [0.2, 0.25) is 5.02 Å². The highest BCUT2D eigenvalue weighted by molar-refractivity contribution is 6.31. The molecule has 0 unspecified atom stereocenters. The summed E-state index contributed by atoms with van der Waals surface area (Å²) in [5, 5.41) is 3.24. The fourth-order valence-corrected chi connectivity index (χ4v) is 2.53. The number of amides is 1. The van der Waals surface area contributed by atoms with E-state index in [1.54, 1.807) is 25.3 Å². The Bertz CT molecular complexity index is 779. The summed E-state index contributed by atoms with van der Waals surface area (Å²) in [7, 11) is 4.63. The fourth-order valence-electron chi connectivity index (χ4n) is 2.31. The van der Waals surface area contributed by atoms with Gasteiger partial charge in [0.1, 0.15) is 0 Å². The van der Waals surface area contributed by atoms with Crippen molar-refractivity contribution in [3.8, 4) is 23.0 Å². The number of ether oxygens (including phenoxy) is 4. The molecule has 2 rings (SSSR count). The van der Waals surface area contributed by atoms with E-state index in [-0.39, 0.29) is 19.1 Å². The first-order valence-electron chi connectivity index (χ1n) is 7.93. The number of halogens is 1. The van der Waals surface area contributed by atoms with E-state index in [9.17, 15) is 4.79 Å². The minimum atomic E-state index is -0.279. The van der Waals surface area contributed by atoms with E-state index in [0.29, 0.717) is 33.6 Å². The number of carbonyl (C=O) groups excluding carboxylic acids is 1. The van der Waals surface area contributed by atoms with Crippen LogP contribution in [-0.2, 0) is 11.3 Å². The molecular formula is C19H22ClNO5. The molecule has 0 aliphatic rings. The highest BCUT2D eigenvalue weighted by Gasteiger charge is 2.12. The molecule has 0 aliphatic heterocycles. The summed E-state index contributed by atoms with van der Waals surface area (Å²) < 4.78 is 21.2. The largest absolute Gasteiger partial charge is 0.493 e. The van der Waals surface area contributed by atoms with Crippen LogP contribution >= 0.6 is 11.6 Å². The summed E-state index contributed by atoms with van der Waals surface area (Å²) >= 11 is 6.21. The van der Waals surface area contributed by atoms with Gasteiger partial charge in [0.15, 0.2) is 29.6 Å². The Labute approximate surface area is 158 Å². The summed E-state index contributed by atoms with van der Waals surface area (Å²) in [5.41, 5.74) is 1.76. The van der Waals surface area contributed by atoms with Gasteiger partial charge in [0.25, 0.3) is 5.91 Å². The molecule has 0 fully saturated rings. The average molecular weight is 380 g/mol. The molecule has 1 N–H and O–H groups in total. The van der Waals surface area contributed by atoms with Crippen molar-refractivity contribution < 1.29 is 23.7 Å². The first kappa shape index (κ1) is 19.7. The molecular weight excluding hydrogens is 358 g/mol. The van der Waals surface area contributed by atoms with Crippen molar-refractivity contribution in [2.24, 2.45) is 0 Å². The van der Waals surface area contributed by atoms with E-state index < -0.39 is 0 Å². The maximum absolute atomic E-state index is 12.1. The Kier molecular flexibility index (Phi) is 6.97. The van der Waals surface area contributed by atoms with Crippen molar-refractivity contribution >= 4 is 17.5 Å². The van der Waals surface area contributed by atoms with Crippen LogP contribution in [0.25, 0.3) is 0 Å². The summed E-state index contributed by atoms with van der Waals surface area (Å²) in [5.74, 6) is 1.89. The van der Waals surface area contributed by atoms with Crippen molar-refractivity contribution in [2.45, 2.75) is 13.5 Å². The van der Waals surface area contributed by atoms with Gasteiger partial charge < -0.3 is 24.3 Å². The molecule has 7 heteroatoms. The zero-order valence-electron chi connectivity index (χ0n) is 15.2. The van der Waals surface area contributed by atoms with Gasteiger partial charge in [-0.3, -0.25) is 4.79 Å². The van der Waals surface area contributed by atoms with Crippen LogP contribution in [0.3, 0.4) is 0 Å². The highest BCUT2D eigenvalue weighted by atomic mass is 35.5. The predicted octanol–water partition coefficient (Wildman–Crippen LogP) is 3.37. The normalized spacial score (nSPS) is 10.2. The van der Waals surface area contributed by atoms with Crippen LogP contribution < -0.4 is 24.3 Å². The molecule has 0 saturated carbocycles. The van der Waals surface area contributed by atoms with Gasteiger partial charge in [-0.05, 0) is 36.2 Å². The van der Waals surface area contributed by atoms with Crippen molar-refractivity contribution in [3.63, 3.8) is 0 Å². The van der Waals surface area contributed by atoms with Gasteiger partial charge in [-0.15, -0.1) is 0 Å². The van der Waals surface area contributed by atoms with E-state index in [0.717, 1.165) is 5.56 Å². The van der Waals surface area contributed by atoms with Gasteiger partial charge in [0.05, 0.1) is 21.3 Å². The Balaban J connectivity index is 1.95. The Hall–Kier alpha value is -2.60. The lowest BCUT2D eigenvalue weighted by Crippen LogP contribution is -2.28. The van der Waals surface area contributed by atoms with Gasteiger partial charge in [-0.1, -0.05) is 17.7 Å². The van der Waals surface area contributed by atoms with E-state index in [1.165, 1.54) is 14.2 Å². The number of carbonyl (C=O) groups is 1. The van der Waals surface area contributed by atoms with Gasteiger partial charge in [-0.25, -0.2) is 0 Å². The van der Waals surface area contributed by atoms with Crippen molar-refractivity contribution in [1.82, 2.24) is 5.32 Å². The predicted molar refractivity (Wildman–Crippen MR) is 99.6 cm³/mol. The van der Waals surface area contributed by atoms with Crippen LogP contribution in [0, 0.1) is 6.92 Å². The molecule has 0 spiro atoms. The maximum atomic E-state index is 12.1. The SMILES string of the molecule is COc1cc(Cl)c(CNC(=O)COc2ccc(C)cc2OC)cc1OC. The Morgan fingerprint density at radius 2 is 1.58 bits per heavy atom. The van der Waals surface area contributed by atoms with Crippen molar-refractivity contribution in [3.05, 3.63) is 46.5 Å². The van der Waals surface area contributed by atoms with Gasteiger partial charge in [0.2, 0.25) is 0 Å². The van der Waals surface area contributed by atoms with Crippen LogP contribution in [0.1, 0.15) is 11.1 Å². The van der Waals surface area contributed by atoms with E-state index in [2.05, 4.69) is 5.32 Å². The molecule has 0 radical (unpaired) electrons. The molecule has 2 aromatic carbocycles. The second-order valence-corrected chi connectivity index (χ2v) is 5.93. The molecule has 140 valence electrons. The average Bonchev–Trinajstić information content (AvgIpc) is 2.65. The number of hydrogen-bond acceptors (Lipinski definition) is 5. The number of methoxy groups -OCH3 is 3. The highest BCUT2D eigenvalue weighted by Crippen LogP contribution is 2.33. The lowest BCUT2D eigenvalue weighted by molar-refractivity contribution is -0.123. The summed E-state index contributed by atoms with van der Waals surface area (Å²) in [6.45, 7) is 2.06. The first-order chi connectivity index (χ1) is 12.5. The van der Waals surface area contributed by atoms with Crippen LogP contribution in [-0.4, -0.2) is 33.8 Å². The molecule has 26 heavy (non-hydrogen) atoms. The molecule has 1 amide bonds. The second-order valence-electron chi connectivity index (χ2n) is 5.52. The zero-order chi connectivity index (χ0) is 19.1. The van der Waals surface area contributed by atoms with E-state index >= 15 is 0 Å². The van der Waals surface area contributed by atoms with E-state index in [1.807, 2.05) is 19.1 Å². The number of nitrogens with one attached hydrogen (secondary N) is 1. The Morgan fingerprint density at radius 3 is 2.23 bits per heavy atom. The number of hydrogen-bond donors (Lipinski definition) is 1. The summed E-state index contributed by atoms with van der Waals surface area (Å²) in [6.07, 6.45) is 0. The van der Waals surface area contributed by atoms with Crippen molar-refractivity contribution in [2.75, 3.05) is 27.9 Å². The van der Waals surface area contributed by atoms with Crippen LogP contribution in [0.15, 0.2) is 30.3 Å². The minimum Gasteiger partial charge on any atom is -0.493 e. The van der Waals surface area contributed by atoms with Crippen LogP contribution in [0.4, 0.5) is 0 Å². The van der Waals surface area contributed by atoms with Crippen LogP contribution in [0.5, 0.6) is 23.0 Å². The molecule has 0 saturated heterocycles. The molecule has 2 aromatic rings. The third-order valence-corrected chi connectivity index (χ3v) is 4.06. The van der Waals surface area contributed by atoms with E-state index in [4.69, 9.17) is 30.5 Å². The van der Waals surface area contributed by atoms with Gasteiger partial charge in [0, 0.05) is 17.6 Å². The molecule has 0 aliphatic carbocycles. The third-order valence-electron chi connectivity index (χ3n) is 3.71. The van der Waals surface area contributed by atoms with Crippen molar-refractivity contribution in [1.29, 1.82) is 0 Å². The fraction of sp³-hybridized carbons (Fsp3) is 0.316. The number of rotatable bonds is 8. The Morgan fingerprint density at radius 1 is 0.962 bits per heavy atom. The summed E-state index contributed by atoms with van der Waals surface area (Å²) in [4.78, 5) is 12.1. The number of aryl methyl sites for hydroxylation is 1. The molecule has 0 atom stereocenters. The second kappa shape index (κ2) is 9.20. The third kappa shape index (κ3) is 4.95. The topological polar surface area (TPSA) is 66.0 Å². The quantitative estimate of drug-likeness (QED) is 0.761. The number of benzene rings is 2. The molecule has 6 nitrogen and oxygen atoms in total. The first-order valence-corrected chi connectivity index (χ1v) is 8.30.